The number of H-pyrrole nitrogens is 2. The van der Waals surface area contributed by atoms with E-state index in [1.807, 2.05) is 12.1 Å². The van der Waals surface area contributed by atoms with Gasteiger partial charge >= 0.3 is 0 Å². The van der Waals surface area contributed by atoms with Crippen LogP contribution in [0.3, 0.4) is 0 Å². The van der Waals surface area contributed by atoms with Gasteiger partial charge in [0.25, 0.3) is 5.91 Å². The topological polar surface area (TPSA) is 104 Å². The SMILES string of the molecule is CN(Cc1ncn[nH]1)C(=O)c1cc2cccc(N)c2[nH]1. The lowest BCUT2D eigenvalue weighted by Crippen LogP contribution is -2.27. The van der Waals surface area contributed by atoms with Crippen molar-refractivity contribution in [2.75, 3.05) is 12.8 Å². The molecule has 0 fully saturated rings. The monoisotopic (exact) mass is 270 g/mol. The highest BCUT2D eigenvalue weighted by atomic mass is 16.2. The third-order valence-corrected chi connectivity index (χ3v) is 3.12. The van der Waals surface area contributed by atoms with E-state index < -0.39 is 0 Å². The molecule has 1 aromatic carbocycles. The first kappa shape index (κ1) is 12.2. The summed E-state index contributed by atoms with van der Waals surface area (Å²) in [5, 5.41) is 7.40. The molecule has 7 heteroatoms. The maximum absolute atomic E-state index is 12.3. The second-order valence-electron chi connectivity index (χ2n) is 4.59. The smallest absolute Gasteiger partial charge is 0.270 e. The van der Waals surface area contributed by atoms with Crippen LogP contribution < -0.4 is 5.73 Å². The van der Waals surface area contributed by atoms with E-state index in [9.17, 15) is 4.79 Å². The number of nitrogens with one attached hydrogen (secondary N) is 2. The molecular formula is C13H14N6O. The van der Waals surface area contributed by atoms with E-state index in [4.69, 9.17) is 5.73 Å². The molecule has 3 aromatic rings. The average Bonchev–Trinajstić information content (AvgIpc) is 3.07. The van der Waals surface area contributed by atoms with Crippen LogP contribution >= 0.6 is 0 Å². The number of hydrogen-bond acceptors (Lipinski definition) is 4. The fourth-order valence-corrected chi connectivity index (χ4v) is 2.10. The zero-order valence-corrected chi connectivity index (χ0v) is 10.9. The molecule has 2 aromatic heterocycles. The number of nitrogens with two attached hydrogens (primary N) is 1. The molecule has 0 saturated carbocycles. The molecule has 0 spiro atoms. The summed E-state index contributed by atoms with van der Waals surface area (Å²) in [6.07, 6.45) is 1.41. The first-order chi connectivity index (χ1) is 9.65. The summed E-state index contributed by atoms with van der Waals surface area (Å²) in [6.45, 7) is 0.365. The van der Waals surface area contributed by atoms with E-state index in [1.165, 1.54) is 6.33 Å². The minimum atomic E-state index is -0.128. The highest BCUT2D eigenvalue weighted by Gasteiger charge is 2.16. The maximum Gasteiger partial charge on any atom is 0.270 e. The number of carbonyl (C=O) groups is 1. The number of para-hydroxylation sites is 1. The van der Waals surface area contributed by atoms with Crippen molar-refractivity contribution in [3.63, 3.8) is 0 Å². The van der Waals surface area contributed by atoms with Crippen molar-refractivity contribution in [1.29, 1.82) is 0 Å². The Morgan fingerprint density at radius 2 is 2.30 bits per heavy atom. The second-order valence-corrected chi connectivity index (χ2v) is 4.59. The number of nitrogen functional groups attached to an aromatic ring is 1. The first-order valence-electron chi connectivity index (χ1n) is 6.12. The Morgan fingerprint density at radius 3 is 3.00 bits per heavy atom. The zero-order valence-electron chi connectivity index (χ0n) is 10.9. The number of rotatable bonds is 3. The van der Waals surface area contributed by atoms with Crippen LogP contribution in [-0.4, -0.2) is 38.0 Å². The molecule has 0 saturated heterocycles. The number of aromatic nitrogens is 4. The third-order valence-electron chi connectivity index (χ3n) is 3.12. The number of aromatic amines is 2. The van der Waals surface area contributed by atoms with Crippen LogP contribution in [0.15, 0.2) is 30.6 Å². The van der Waals surface area contributed by atoms with Gasteiger partial charge in [0.2, 0.25) is 0 Å². The average molecular weight is 270 g/mol. The van der Waals surface area contributed by atoms with Crippen LogP contribution in [0.25, 0.3) is 10.9 Å². The molecule has 3 rings (SSSR count). The lowest BCUT2D eigenvalue weighted by molar-refractivity contribution is 0.0777. The van der Waals surface area contributed by atoms with Crippen LogP contribution in [0, 0.1) is 0 Å². The molecule has 0 aliphatic rings. The summed E-state index contributed by atoms with van der Waals surface area (Å²) in [7, 11) is 1.71. The van der Waals surface area contributed by atoms with Crippen molar-refractivity contribution in [1.82, 2.24) is 25.1 Å². The van der Waals surface area contributed by atoms with Crippen molar-refractivity contribution in [3.8, 4) is 0 Å². The highest BCUT2D eigenvalue weighted by molar-refractivity contribution is 6.00. The molecule has 2 heterocycles. The molecule has 102 valence electrons. The van der Waals surface area contributed by atoms with Gasteiger partial charge in [-0.1, -0.05) is 12.1 Å². The van der Waals surface area contributed by atoms with Gasteiger partial charge in [-0.2, -0.15) is 5.10 Å². The second kappa shape index (κ2) is 4.69. The number of fused-ring (bicyclic) bond motifs is 1. The molecular weight excluding hydrogens is 256 g/mol. The predicted molar refractivity (Wildman–Crippen MR) is 74.9 cm³/mol. The summed E-state index contributed by atoms with van der Waals surface area (Å²) in [5.41, 5.74) is 7.78. The van der Waals surface area contributed by atoms with Gasteiger partial charge in [0.05, 0.1) is 17.7 Å². The number of hydrogen-bond donors (Lipinski definition) is 3. The Labute approximate surface area is 114 Å². The number of benzene rings is 1. The Kier molecular flexibility index (Phi) is 2.86. The van der Waals surface area contributed by atoms with E-state index in [1.54, 1.807) is 24.1 Å². The fourth-order valence-electron chi connectivity index (χ4n) is 2.10. The molecule has 20 heavy (non-hydrogen) atoms. The Balaban J connectivity index is 1.86. The molecule has 0 bridgehead atoms. The summed E-state index contributed by atoms with van der Waals surface area (Å²) < 4.78 is 0. The van der Waals surface area contributed by atoms with Gasteiger partial charge in [0.15, 0.2) is 0 Å². The first-order valence-corrected chi connectivity index (χ1v) is 6.12. The van der Waals surface area contributed by atoms with E-state index >= 15 is 0 Å². The molecule has 0 radical (unpaired) electrons. The lowest BCUT2D eigenvalue weighted by atomic mass is 10.2. The van der Waals surface area contributed by atoms with Crippen molar-refractivity contribution >= 4 is 22.5 Å². The Morgan fingerprint density at radius 1 is 1.45 bits per heavy atom. The molecule has 0 atom stereocenters. The van der Waals surface area contributed by atoms with Gasteiger partial charge in [-0.05, 0) is 12.1 Å². The van der Waals surface area contributed by atoms with Gasteiger partial charge in [-0.3, -0.25) is 9.89 Å². The van der Waals surface area contributed by atoms with Crippen molar-refractivity contribution in [3.05, 3.63) is 42.1 Å². The van der Waals surface area contributed by atoms with Gasteiger partial charge in [0, 0.05) is 12.4 Å². The van der Waals surface area contributed by atoms with Gasteiger partial charge < -0.3 is 15.6 Å². The van der Waals surface area contributed by atoms with E-state index in [2.05, 4.69) is 20.2 Å². The molecule has 0 aliphatic heterocycles. The normalized spacial score (nSPS) is 10.8. The fraction of sp³-hybridized carbons (Fsp3) is 0.154. The molecule has 0 aliphatic carbocycles. The molecule has 0 unspecified atom stereocenters. The van der Waals surface area contributed by atoms with Crippen molar-refractivity contribution in [2.45, 2.75) is 6.54 Å². The number of nitrogens with zero attached hydrogens (tertiary/aromatic N) is 3. The number of anilines is 1. The van der Waals surface area contributed by atoms with Crippen LogP contribution in [0.5, 0.6) is 0 Å². The van der Waals surface area contributed by atoms with Crippen molar-refractivity contribution < 1.29 is 4.79 Å². The minimum absolute atomic E-state index is 0.128. The van der Waals surface area contributed by atoms with Gasteiger partial charge in [0.1, 0.15) is 17.8 Å². The number of carbonyl (C=O) groups excluding carboxylic acids is 1. The van der Waals surface area contributed by atoms with Crippen LogP contribution in [-0.2, 0) is 6.54 Å². The summed E-state index contributed by atoms with van der Waals surface area (Å²) in [4.78, 5) is 21.0. The molecule has 7 nitrogen and oxygen atoms in total. The summed E-state index contributed by atoms with van der Waals surface area (Å²) >= 11 is 0. The summed E-state index contributed by atoms with van der Waals surface area (Å²) in [6, 6.07) is 7.36. The molecule has 1 amide bonds. The van der Waals surface area contributed by atoms with E-state index in [0.29, 0.717) is 23.8 Å². The molecule has 4 N–H and O–H groups in total. The predicted octanol–water partition coefficient (Wildman–Crippen LogP) is 1.14. The van der Waals surface area contributed by atoms with Crippen LogP contribution in [0.2, 0.25) is 0 Å². The Bertz CT molecular complexity index is 745. The van der Waals surface area contributed by atoms with Gasteiger partial charge in [-0.25, -0.2) is 4.98 Å². The standard InChI is InChI=1S/C13H14N6O/c1-19(6-11-15-7-16-18-11)13(20)10-5-8-3-2-4-9(14)12(8)17-10/h2-5,7,17H,6,14H2,1H3,(H,15,16,18). The maximum atomic E-state index is 12.3. The van der Waals surface area contributed by atoms with Crippen LogP contribution in [0.4, 0.5) is 5.69 Å². The largest absolute Gasteiger partial charge is 0.397 e. The quantitative estimate of drug-likeness (QED) is 0.621. The van der Waals surface area contributed by atoms with E-state index in [0.717, 1.165) is 10.9 Å². The van der Waals surface area contributed by atoms with Crippen LogP contribution in [0.1, 0.15) is 16.3 Å². The van der Waals surface area contributed by atoms with Crippen molar-refractivity contribution in [2.24, 2.45) is 0 Å². The third kappa shape index (κ3) is 2.09. The minimum Gasteiger partial charge on any atom is -0.397 e. The van der Waals surface area contributed by atoms with Gasteiger partial charge in [-0.15, -0.1) is 0 Å². The highest BCUT2D eigenvalue weighted by Crippen LogP contribution is 2.21. The van der Waals surface area contributed by atoms with E-state index in [-0.39, 0.29) is 5.91 Å². The number of amides is 1. The zero-order chi connectivity index (χ0) is 14.1. The Hall–Kier alpha value is -2.83. The lowest BCUT2D eigenvalue weighted by Gasteiger charge is -2.14. The summed E-state index contributed by atoms with van der Waals surface area (Å²) in [5.74, 6) is 0.508.